The van der Waals surface area contributed by atoms with Gasteiger partial charge < -0.3 is 25.6 Å². The summed E-state index contributed by atoms with van der Waals surface area (Å²) in [6, 6.07) is 10.8. The standard InChI is InChI=1S/C26H29FN8O2/c1-14(2)18-8-15(4-5-20(18)35-12-16-9-17(35)11-34(16)3)29-26-28-10-19(27)24(33-26)30-22-7-6-21-25(31-22)32-23(36)13-37-21/h4-8,10,14,16-17H,9,11-13H2,1-3H3,(H3,28,29,30,31,32,33,36). The number of carbonyl (C=O) groups is 1. The van der Waals surface area contributed by atoms with E-state index in [1.54, 1.807) is 12.1 Å². The van der Waals surface area contributed by atoms with Crippen LogP contribution in [0.3, 0.4) is 0 Å². The maximum atomic E-state index is 14.5. The number of fused-ring (bicyclic) bond motifs is 3. The van der Waals surface area contributed by atoms with Crippen LogP contribution in [-0.2, 0) is 4.79 Å². The number of anilines is 6. The second-order valence-corrected chi connectivity index (χ2v) is 10.1. The molecular weight excluding hydrogens is 475 g/mol. The molecule has 2 atom stereocenters. The zero-order valence-corrected chi connectivity index (χ0v) is 21.0. The first-order valence-corrected chi connectivity index (χ1v) is 12.4. The molecule has 1 aromatic carbocycles. The maximum absolute atomic E-state index is 14.5. The molecule has 2 saturated heterocycles. The van der Waals surface area contributed by atoms with E-state index in [4.69, 9.17) is 4.74 Å². The van der Waals surface area contributed by atoms with Crippen molar-refractivity contribution < 1.29 is 13.9 Å². The normalized spacial score (nSPS) is 20.6. The van der Waals surface area contributed by atoms with Gasteiger partial charge in [0.2, 0.25) is 5.95 Å². The number of nitrogens with zero attached hydrogens (tertiary/aromatic N) is 5. The number of benzene rings is 1. The van der Waals surface area contributed by atoms with E-state index >= 15 is 0 Å². The molecule has 0 saturated carbocycles. The molecule has 11 heteroatoms. The molecule has 3 N–H and O–H groups in total. The third-order valence-electron chi connectivity index (χ3n) is 7.19. The summed E-state index contributed by atoms with van der Waals surface area (Å²) < 4.78 is 19.9. The highest BCUT2D eigenvalue weighted by Crippen LogP contribution is 2.39. The molecule has 10 nitrogen and oxygen atoms in total. The summed E-state index contributed by atoms with van der Waals surface area (Å²) in [6.07, 6.45) is 2.32. The number of aromatic nitrogens is 3. The molecule has 3 aliphatic heterocycles. The van der Waals surface area contributed by atoms with Gasteiger partial charge in [-0.2, -0.15) is 4.98 Å². The van der Waals surface area contributed by atoms with Crippen molar-refractivity contribution in [3.8, 4) is 5.75 Å². The fraction of sp³-hybridized carbons (Fsp3) is 0.385. The molecule has 0 radical (unpaired) electrons. The number of likely N-dealkylation sites (N-methyl/N-ethyl adjacent to an activating group) is 1. The van der Waals surface area contributed by atoms with E-state index in [9.17, 15) is 9.18 Å². The minimum Gasteiger partial charge on any atom is -0.480 e. The van der Waals surface area contributed by atoms with Crippen molar-refractivity contribution in [3.05, 3.63) is 47.9 Å². The minimum absolute atomic E-state index is 0.0362. The highest BCUT2D eigenvalue weighted by atomic mass is 19.1. The van der Waals surface area contributed by atoms with E-state index in [1.807, 2.05) is 6.07 Å². The van der Waals surface area contributed by atoms with Crippen LogP contribution in [0.2, 0.25) is 0 Å². The maximum Gasteiger partial charge on any atom is 0.263 e. The van der Waals surface area contributed by atoms with E-state index in [1.165, 1.54) is 17.7 Å². The zero-order chi connectivity index (χ0) is 25.7. The van der Waals surface area contributed by atoms with Gasteiger partial charge in [0.1, 0.15) is 5.82 Å². The number of hydrogen-bond acceptors (Lipinski definition) is 9. The molecule has 2 aromatic heterocycles. The van der Waals surface area contributed by atoms with Gasteiger partial charge in [0.25, 0.3) is 5.91 Å². The first-order chi connectivity index (χ1) is 17.8. The van der Waals surface area contributed by atoms with Crippen LogP contribution < -0.4 is 25.6 Å². The Hall–Kier alpha value is -3.99. The third-order valence-corrected chi connectivity index (χ3v) is 7.19. The number of likely N-dealkylation sites (tertiary alicyclic amines) is 1. The Morgan fingerprint density at radius 3 is 2.76 bits per heavy atom. The summed E-state index contributed by atoms with van der Waals surface area (Å²) >= 11 is 0. The SMILES string of the molecule is CC(C)c1cc(Nc2ncc(F)c(Nc3ccc4c(n3)NC(=O)CO4)n2)ccc1N1CC2CC1CN2C. The van der Waals surface area contributed by atoms with Crippen LogP contribution in [0.4, 0.5) is 39.2 Å². The zero-order valence-electron chi connectivity index (χ0n) is 21.0. The number of piperazine rings is 1. The topological polar surface area (TPSA) is 108 Å². The molecule has 3 aliphatic rings. The number of amides is 1. The van der Waals surface area contributed by atoms with Crippen molar-refractivity contribution in [2.75, 3.05) is 47.6 Å². The Morgan fingerprint density at radius 1 is 1.14 bits per heavy atom. The lowest BCUT2D eigenvalue weighted by atomic mass is 9.99. The molecule has 37 heavy (non-hydrogen) atoms. The van der Waals surface area contributed by atoms with Crippen molar-refractivity contribution in [3.63, 3.8) is 0 Å². The van der Waals surface area contributed by atoms with Crippen LogP contribution in [0.15, 0.2) is 36.5 Å². The number of hydrogen-bond donors (Lipinski definition) is 3. The van der Waals surface area contributed by atoms with Crippen molar-refractivity contribution in [1.82, 2.24) is 19.9 Å². The number of rotatable bonds is 6. The van der Waals surface area contributed by atoms with E-state index in [-0.39, 0.29) is 30.1 Å². The van der Waals surface area contributed by atoms with Crippen molar-refractivity contribution in [2.45, 2.75) is 38.3 Å². The first kappa shape index (κ1) is 23.4. The number of nitrogens with one attached hydrogen (secondary N) is 3. The molecule has 2 unspecified atom stereocenters. The van der Waals surface area contributed by atoms with E-state index in [0.29, 0.717) is 29.6 Å². The Bertz CT molecular complexity index is 1360. The van der Waals surface area contributed by atoms with Crippen molar-refractivity contribution in [1.29, 1.82) is 0 Å². The molecule has 0 spiro atoms. The van der Waals surface area contributed by atoms with Crippen LogP contribution in [0.5, 0.6) is 5.75 Å². The summed E-state index contributed by atoms with van der Waals surface area (Å²) in [4.78, 5) is 29.3. The molecule has 1 amide bonds. The lowest BCUT2D eigenvalue weighted by molar-refractivity contribution is -0.118. The summed E-state index contributed by atoms with van der Waals surface area (Å²) in [5.74, 6) is 0.659. The third kappa shape index (κ3) is 4.50. The molecule has 5 heterocycles. The highest BCUT2D eigenvalue weighted by Gasteiger charge is 2.42. The molecule has 2 bridgehead atoms. The molecular formula is C26H29FN8O2. The predicted molar refractivity (Wildman–Crippen MR) is 140 cm³/mol. The average molecular weight is 505 g/mol. The molecule has 3 aromatic rings. The number of pyridine rings is 1. The average Bonchev–Trinajstić information content (AvgIpc) is 3.45. The quantitative estimate of drug-likeness (QED) is 0.461. The van der Waals surface area contributed by atoms with Gasteiger partial charge in [-0.1, -0.05) is 13.8 Å². The van der Waals surface area contributed by atoms with Gasteiger partial charge in [0, 0.05) is 36.5 Å². The summed E-state index contributed by atoms with van der Waals surface area (Å²) in [5.41, 5.74) is 3.36. The van der Waals surface area contributed by atoms with Gasteiger partial charge in [0.05, 0.1) is 6.20 Å². The van der Waals surface area contributed by atoms with Gasteiger partial charge >= 0.3 is 0 Å². The van der Waals surface area contributed by atoms with Gasteiger partial charge in [0.15, 0.2) is 29.8 Å². The van der Waals surface area contributed by atoms with Crippen molar-refractivity contribution in [2.24, 2.45) is 0 Å². The fourth-order valence-corrected chi connectivity index (χ4v) is 5.32. The summed E-state index contributed by atoms with van der Waals surface area (Å²) in [6.45, 7) is 6.47. The van der Waals surface area contributed by atoms with E-state index in [2.05, 4.69) is 73.7 Å². The molecule has 192 valence electrons. The smallest absolute Gasteiger partial charge is 0.263 e. The number of halogens is 1. The van der Waals surface area contributed by atoms with Crippen LogP contribution in [-0.4, -0.2) is 64.6 Å². The van der Waals surface area contributed by atoms with Gasteiger partial charge in [-0.3, -0.25) is 9.69 Å². The Morgan fingerprint density at radius 2 is 2.00 bits per heavy atom. The number of ether oxygens (including phenoxy) is 1. The van der Waals surface area contributed by atoms with Gasteiger partial charge in [-0.25, -0.2) is 14.4 Å². The predicted octanol–water partition coefficient (Wildman–Crippen LogP) is 3.84. The van der Waals surface area contributed by atoms with Crippen molar-refractivity contribution >= 4 is 40.7 Å². The minimum atomic E-state index is -0.627. The largest absolute Gasteiger partial charge is 0.480 e. The van der Waals surface area contributed by atoms with E-state index in [0.717, 1.165) is 25.0 Å². The van der Waals surface area contributed by atoms with Crippen LogP contribution in [0, 0.1) is 5.82 Å². The lowest BCUT2D eigenvalue weighted by Crippen LogP contribution is -2.44. The molecule has 2 fully saturated rings. The summed E-state index contributed by atoms with van der Waals surface area (Å²) in [7, 11) is 2.21. The monoisotopic (exact) mass is 504 g/mol. The fourth-order valence-electron chi connectivity index (χ4n) is 5.32. The molecule has 0 aliphatic carbocycles. The highest BCUT2D eigenvalue weighted by molar-refractivity contribution is 5.94. The Balaban J connectivity index is 1.22. The van der Waals surface area contributed by atoms with Crippen LogP contribution >= 0.6 is 0 Å². The molecule has 6 rings (SSSR count). The second kappa shape index (κ2) is 9.15. The van der Waals surface area contributed by atoms with Crippen LogP contribution in [0.1, 0.15) is 31.7 Å². The number of carbonyl (C=O) groups excluding carboxylic acids is 1. The van der Waals surface area contributed by atoms with Gasteiger partial charge in [-0.05, 0) is 55.3 Å². The lowest BCUT2D eigenvalue weighted by Gasteiger charge is -2.35. The summed E-state index contributed by atoms with van der Waals surface area (Å²) in [5, 5.41) is 8.71. The van der Waals surface area contributed by atoms with E-state index < -0.39 is 5.82 Å². The second-order valence-electron chi connectivity index (χ2n) is 10.1. The van der Waals surface area contributed by atoms with Crippen LogP contribution in [0.25, 0.3) is 0 Å². The van der Waals surface area contributed by atoms with Gasteiger partial charge in [-0.15, -0.1) is 0 Å². The Labute approximate surface area is 214 Å². The first-order valence-electron chi connectivity index (χ1n) is 12.4. The Kier molecular flexibility index (Phi) is 5.79.